The van der Waals surface area contributed by atoms with Crippen LogP contribution >= 0.6 is 11.6 Å². The second-order valence-corrected chi connectivity index (χ2v) is 5.43. The fourth-order valence-corrected chi connectivity index (χ4v) is 2.93. The predicted molar refractivity (Wildman–Crippen MR) is 75.9 cm³/mol. The SMILES string of the molecule is CCC1CCCCC1Nc1nc(Cl)ccc1C(=O)O. The van der Waals surface area contributed by atoms with Gasteiger partial charge in [-0.25, -0.2) is 9.78 Å². The summed E-state index contributed by atoms with van der Waals surface area (Å²) < 4.78 is 0. The fourth-order valence-electron chi connectivity index (χ4n) is 2.78. The lowest BCUT2D eigenvalue weighted by Gasteiger charge is -2.32. The van der Waals surface area contributed by atoms with Crippen LogP contribution in [0.4, 0.5) is 5.82 Å². The van der Waals surface area contributed by atoms with E-state index in [9.17, 15) is 9.90 Å². The second kappa shape index (κ2) is 6.24. The van der Waals surface area contributed by atoms with Crippen molar-refractivity contribution in [3.05, 3.63) is 22.8 Å². The van der Waals surface area contributed by atoms with Gasteiger partial charge in [0.05, 0.1) is 0 Å². The number of carboxylic acids is 1. The third-order valence-corrected chi connectivity index (χ3v) is 4.06. The quantitative estimate of drug-likeness (QED) is 0.824. The fraction of sp³-hybridized carbons (Fsp3) is 0.571. The van der Waals surface area contributed by atoms with Crippen LogP contribution in [0.25, 0.3) is 0 Å². The van der Waals surface area contributed by atoms with Crippen LogP contribution in [0.1, 0.15) is 49.4 Å². The van der Waals surface area contributed by atoms with Gasteiger partial charge in [0.2, 0.25) is 0 Å². The van der Waals surface area contributed by atoms with Gasteiger partial charge in [-0.15, -0.1) is 0 Å². The van der Waals surface area contributed by atoms with Crippen LogP contribution < -0.4 is 5.32 Å². The number of nitrogens with zero attached hydrogens (tertiary/aromatic N) is 1. The van der Waals surface area contributed by atoms with E-state index in [0.29, 0.717) is 22.9 Å². The summed E-state index contributed by atoms with van der Waals surface area (Å²) in [6.07, 6.45) is 5.78. The molecule has 1 saturated carbocycles. The molecule has 1 aromatic rings. The highest BCUT2D eigenvalue weighted by molar-refractivity contribution is 6.29. The van der Waals surface area contributed by atoms with E-state index in [2.05, 4.69) is 17.2 Å². The Morgan fingerprint density at radius 3 is 2.89 bits per heavy atom. The van der Waals surface area contributed by atoms with Crippen LogP contribution in [0.2, 0.25) is 5.15 Å². The highest BCUT2D eigenvalue weighted by Gasteiger charge is 2.25. The first-order valence-electron chi connectivity index (χ1n) is 6.78. The van der Waals surface area contributed by atoms with Gasteiger partial charge < -0.3 is 10.4 Å². The summed E-state index contributed by atoms with van der Waals surface area (Å²) in [5, 5.41) is 12.8. The number of rotatable bonds is 4. The van der Waals surface area contributed by atoms with Gasteiger partial charge in [0, 0.05) is 6.04 Å². The number of hydrogen-bond donors (Lipinski definition) is 2. The van der Waals surface area contributed by atoms with E-state index in [4.69, 9.17) is 11.6 Å². The highest BCUT2D eigenvalue weighted by atomic mass is 35.5. The number of carboxylic acid groups (broad SMARTS) is 1. The number of halogens is 1. The molecule has 19 heavy (non-hydrogen) atoms. The van der Waals surface area contributed by atoms with Crippen LogP contribution in [0.3, 0.4) is 0 Å². The first-order chi connectivity index (χ1) is 9.11. The van der Waals surface area contributed by atoms with E-state index in [1.807, 2.05) is 0 Å². The number of carbonyl (C=O) groups is 1. The maximum absolute atomic E-state index is 11.2. The normalized spacial score (nSPS) is 23.1. The number of anilines is 1. The number of pyridine rings is 1. The van der Waals surface area contributed by atoms with Crippen molar-refractivity contribution in [2.24, 2.45) is 5.92 Å². The Bertz CT molecular complexity index is 465. The molecule has 1 aliphatic carbocycles. The summed E-state index contributed by atoms with van der Waals surface area (Å²) in [7, 11) is 0. The molecule has 104 valence electrons. The maximum atomic E-state index is 11.2. The van der Waals surface area contributed by atoms with Crippen LogP contribution in [0.15, 0.2) is 12.1 Å². The van der Waals surface area contributed by atoms with E-state index >= 15 is 0 Å². The molecule has 0 bridgehead atoms. The predicted octanol–water partition coefficient (Wildman–Crippen LogP) is 3.81. The largest absolute Gasteiger partial charge is 0.478 e. The molecule has 0 amide bonds. The second-order valence-electron chi connectivity index (χ2n) is 5.04. The molecule has 2 N–H and O–H groups in total. The lowest BCUT2D eigenvalue weighted by Crippen LogP contribution is -2.32. The molecule has 0 aliphatic heterocycles. The molecule has 0 spiro atoms. The lowest BCUT2D eigenvalue weighted by atomic mass is 9.83. The minimum Gasteiger partial charge on any atom is -0.478 e. The van der Waals surface area contributed by atoms with E-state index in [0.717, 1.165) is 12.8 Å². The van der Waals surface area contributed by atoms with Crippen molar-refractivity contribution >= 4 is 23.4 Å². The minimum atomic E-state index is -0.976. The summed E-state index contributed by atoms with van der Waals surface area (Å²) >= 11 is 5.87. The summed E-state index contributed by atoms with van der Waals surface area (Å²) in [5.74, 6) is -0.00273. The standard InChI is InChI=1S/C14H19ClN2O2/c1-2-9-5-3-4-6-11(9)16-13-10(14(18)19)7-8-12(15)17-13/h7-9,11H,2-6H2,1H3,(H,16,17)(H,18,19). The van der Waals surface area contributed by atoms with Gasteiger partial charge in [0.25, 0.3) is 0 Å². The molecule has 1 heterocycles. The van der Waals surface area contributed by atoms with Gasteiger partial charge in [0.1, 0.15) is 16.5 Å². The van der Waals surface area contributed by atoms with E-state index in [-0.39, 0.29) is 5.56 Å². The molecular weight excluding hydrogens is 264 g/mol. The minimum absolute atomic E-state index is 0.185. The average molecular weight is 283 g/mol. The first-order valence-corrected chi connectivity index (χ1v) is 7.16. The van der Waals surface area contributed by atoms with Crippen molar-refractivity contribution in [1.29, 1.82) is 0 Å². The number of aromatic carboxylic acids is 1. The van der Waals surface area contributed by atoms with Crippen LogP contribution in [0, 0.1) is 5.92 Å². The molecule has 5 heteroatoms. The third kappa shape index (κ3) is 3.38. The molecule has 2 atom stereocenters. The Morgan fingerprint density at radius 1 is 1.47 bits per heavy atom. The van der Waals surface area contributed by atoms with Crippen molar-refractivity contribution in [2.75, 3.05) is 5.32 Å². The van der Waals surface area contributed by atoms with Crippen LogP contribution in [-0.2, 0) is 0 Å². The van der Waals surface area contributed by atoms with Gasteiger partial charge in [-0.2, -0.15) is 0 Å². The van der Waals surface area contributed by atoms with Gasteiger partial charge >= 0.3 is 5.97 Å². The summed E-state index contributed by atoms with van der Waals surface area (Å²) in [6, 6.07) is 3.31. The summed E-state index contributed by atoms with van der Waals surface area (Å²) in [6.45, 7) is 2.17. The Labute approximate surface area is 118 Å². The number of aromatic nitrogens is 1. The zero-order chi connectivity index (χ0) is 13.8. The summed E-state index contributed by atoms with van der Waals surface area (Å²) in [4.78, 5) is 15.3. The maximum Gasteiger partial charge on any atom is 0.339 e. The molecule has 1 fully saturated rings. The topological polar surface area (TPSA) is 62.2 Å². The molecular formula is C14H19ClN2O2. The van der Waals surface area contributed by atoms with Crippen molar-refractivity contribution in [1.82, 2.24) is 4.98 Å². The van der Waals surface area contributed by atoms with Gasteiger partial charge in [-0.1, -0.05) is 37.8 Å². The molecule has 0 radical (unpaired) electrons. The molecule has 2 rings (SSSR count). The zero-order valence-corrected chi connectivity index (χ0v) is 11.8. The smallest absolute Gasteiger partial charge is 0.339 e. The Hall–Kier alpha value is -1.29. The highest BCUT2D eigenvalue weighted by Crippen LogP contribution is 2.30. The van der Waals surface area contributed by atoms with Gasteiger partial charge in [0.15, 0.2) is 0 Å². The van der Waals surface area contributed by atoms with E-state index < -0.39 is 5.97 Å². The molecule has 1 aromatic heterocycles. The zero-order valence-electron chi connectivity index (χ0n) is 11.0. The van der Waals surface area contributed by atoms with Crippen molar-refractivity contribution in [2.45, 2.75) is 45.1 Å². The van der Waals surface area contributed by atoms with Crippen molar-refractivity contribution in [3.63, 3.8) is 0 Å². The Balaban J connectivity index is 2.21. The Morgan fingerprint density at radius 2 is 2.21 bits per heavy atom. The van der Waals surface area contributed by atoms with Crippen molar-refractivity contribution in [3.8, 4) is 0 Å². The number of nitrogens with one attached hydrogen (secondary N) is 1. The summed E-state index contributed by atoms with van der Waals surface area (Å²) in [5.41, 5.74) is 0.185. The molecule has 2 unspecified atom stereocenters. The van der Waals surface area contributed by atoms with Crippen LogP contribution in [0.5, 0.6) is 0 Å². The molecule has 1 aliphatic rings. The van der Waals surface area contributed by atoms with Gasteiger partial charge in [-0.05, 0) is 30.9 Å². The van der Waals surface area contributed by atoms with Crippen LogP contribution in [-0.4, -0.2) is 22.1 Å². The molecule has 0 aromatic carbocycles. The Kier molecular flexibility index (Phi) is 4.64. The third-order valence-electron chi connectivity index (χ3n) is 3.85. The van der Waals surface area contributed by atoms with E-state index in [1.165, 1.54) is 31.4 Å². The molecule has 4 nitrogen and oxygen atoms in total. The van der Waals surface area contributed by atoms with E-state index in [1.54, 1.807) is 0 Å². The first kappa shape index (κ1) is 14.1. The lowest BCUT2D eigenvalue weighted by molar-refractivity contribution is 0.0697. The number of hydrogen-bond acceptors (Lipinski definition) is 3. The molecule has 0 saturated heterocycles. The van der Waals surface area contributed by atoms with Gasteiger partial charge in [-0.3, -0.25) is 0 Å². The monoisotopic (exact) mass is 282 g/mol. The van der Waals surface area contributed by atoms with Crippen molar-refractivity contribution < 1.29 is 9.90 Å². The average Bonchev–Trinajstić information content (AvgIpc) is 2.39.